The van der Waals surface area contributed by atoms with Gasteiger partial charge in [0.05, 0.1) is 0 Å². The number of benzene rings is 1. The van der Waals surface area contributed by atoms with Gasteiger partial charge >= 0.3 is 0 Å². The fourth-order valence-electron chi connectivity index (χ4n) is 2.41. The number of carbonyl (C=O) groups excluding carboxylic acids is 2. The number of carbonyl (C=O) groups is 2. The summed E-state index contributed by atoms with van der Waals surface area (Å²) in [5, 5.41) is 2.75. The number of nitrogens with zero attached hydrogens (tertiary/aromatic N) is 1. The van der Waals surface area contributed by atoms with Gasteiger partial charge in [0.2, 0.25) is 11.8 Å². The number of amides is 2. The molecule has 1 aromatic carbocycles. The number of aryl methyl sites for hydroxylation is 1. The second-order valence-corrected chi connectivity index (χ2v) is 5.45. The van der Waals surface area contributed by atoms with E-state index < -0.39 is 5.54 Å². The molecule has 2 rings (SSSR count). The number of hydrogen-bond donors (Lipinski definition) is 1. The Morgan fingerprint density at radius 3 is 2.80 bits per heavy atom. The fourth-order valence-corrected chi connectivity index (χ4v) is 2.41. The highest BCUT2D eigenvalue weighted by molar-refractivity contribution is 5.91. The molecule has 20 heavy (non-hydrogen) atoms. The van der Waals surface area contributed by atoms with Crippen molar-refractivity contribution in [1.82, 2.24) is 10.2 Å². The van der Waals surface area contributed by atoms with E-state index in [0.717, 1.165) is 0 Å². The van der Waals surface area contributed by atoms with Crippen LogP contribution in [0.5, 0.6) is 0 Å². The predicted molar refractivity (Wildman–Crippen MR) is 73.5 cm³/mol. The van der Waals surface area contributed by atoms with Crippen LogP contribution in [0.4, 0.5) is 4.39 Å². The van der Waals surface area contributed by atoms with Crippen LogP contribution in [0.2, 0.25) is 0 Å². The molecular formula is C15H19FN2O2. The molecule has 0 unspecified atom stereocenters. The number of piperazine rings is 1. The summed E-state index contributed by atoms with van der Waals surface area (Å²) in [6.07, 6.45) is 0.553. The van der Waals surface area contributed by atoms with Gasteiger partial charge in [-0.15, -0.1) is 0 Å². The molecule has 5 heteroatoms. The molecule has 2 amide bonds. The molecule has 0 aliphatic carbocycles. The van der Waals surface area contributed by atoms with Crippen molar-refractivity contribution in [2.45, 2.75) is 32.2 Å². The molecule has 0 radical (unpaired) electrons. The van der Waals surface area contributed by atoms with Crippen LogP contribution in [0.3, 0.4) is 0 Å². The van der Waals surface area contributed by atoms with Crippen LogP contribution in [0.1, 0.15) is 25.8 Å². The average Bonchev–Trinajstić information content (AvgIpc) is 2.40. The van der Waals surface area contributed by atoms with Crippen molar-refractivity contribution in [2.24, 2.45) is 0 Å². The van der Waals surface area contributed by atoms with Gasteiger partial charge in [0, 0.05) is 19.5 Å². The Morgan fingerprint density at radius 1 is 1.40 bits per heavy atom. The average molecular weight is 278 g/mol. The molecule has 1 aromatic rings. The molecule has 0 atom stereocenters. The Bertz CT molecular complexity index is 528. The molecule has 4 nitrogen and oxygen atoms in total. The Balaban J connectivity index is 2.02. The van der Waals surface area contributed by atoms with E-state index in [1.807, 2.05) is 0 Å². The van der Waals surface area contributed by atoms with Gasteiger partial charge in [0.25, 0.3) is 0 Å². The zero-order valence-corrected chi connectivity index (χ0v) is 11.8. The lowest BCUT2D eigenvalue weighted by Gasteiger charge is -2.41. The van der Waals surface area contributed by atoms with E-state index in [-0.39, 0.29) is 24.1 Å². The molecule has 1 heterocycles. The van der Waals surface area contributed by atoms with Crippen LogP contribution in [0, 0.1) is 5.82 Å². The third-order valence-electron chi connectivity index (χ3n) is 3.72. The second kappa shape index (κ2) is 5.61. The lowest BCUT2D eigenvalue weighted by Crippen LogP contribution is -2.63. The second-order valence-electron chi connectivity index (χ2n) is 5.45. The number of rotatable bonds is 3. The van der Waals surface area contributed by atoms with Gasteiger partial charge in [-0.25, -0.2) is 4.39 Å². The SMILES string of the molecule is CC1(C)C(=O)NCCN1C(=O)CCc1ccccc1F. The molecule has 0 saturated carbocycles. The van der Waals surface area contributed by atoms with Crippen LogP contribution in [-0.4, -0.2) is 35.3 Å². The maximum absolute atomic E-state index is 13.5. The Hall–Kier alpha value is -1.91. The zero-order valence-electron chi connectivity index (χ0n) is 11.8. The van der Waals surface area contributed by atoms with E-state index in [2.05, 4.69) is 5.32 Å². The Labute approximate surface area is 118 Å². The normalized spacial score (nSPS) is 17.8. The number of nitrogens with one attached hydrogen (secondary N) is 1. The minimum atomic E-state index is -0.843. The van der Waals surface area contributed by atoms with Crippen LogP contribution in [-0.2, 0) is 16.0 Å². The van der Waals surface area contributed by atoms with Crippen LogP contribution in [0.15, 0.2) is 24.3 Å². The predicted octanol–water partition coefficient (Wildman–Crippen LogP) is 1.50. The largest absolute Gasteiger partial charge is 0.352 e. The van der Waals surface area contributed by atoms with E-state index in [4.69, 9.17) is 0 Å². The molecule has 1 aliphatic heterocycles. The van der Waals surface area contributed by atoms with Gasteiger partial charge in [-0.1, -0.05) is 18.2 Å². The quantitative estimate of drug-likeness (QED) is 0.911. The third kappa shape index (κ3) is 2.81. The third-order valence-corrected chi connectivity index (χ3v) is 3.72. The molecule has 0 bridgehead atoms. The zero-order chi connectivity index (χ0) is 14.8. The van der Waals surface area contributed by atoms with Crippen molar-refractivity contribution in [3.8, 4) is 0 Å². The molecular weight excluding hydrogens is 259 g/mol. The summed E-state index contributed by atoms with van der Waals surface area (Å²) in [4.78, 5) is 25.6. The Morgan fingerprint density at radius 2 is 2.10 bits per heavy atom. The Kier molecular flexibility index (Phi) is 4.06. The van der Waals surface area contributed by atoms with Crippen LogP contribution < -0.4 is 5.32 Å². The molecule has 1 aliphatic rings. The molecule has 0 spiro atoms. The first-order valence-electron chi connectivity index (χ1n) is 6.75. The summed E-state index contributed by atoms with van der Waals surface area (Å²) >= 11 is 0. The van der Waals surface area contributed by atoms with Crippen molar-refractivity contribution in [3.63, 3.8) is 0 Å². The lowest BCUT2D eigenvalue weighted by atomic mass is 9.97. The summed E-state index contributed by atoms with van der Waals surface area (Å²) in [6, 6.07) is 6.44. The molecule has 1 saturated heterocycles. The molecule has 108 valence electrons. The summed E-state index contributed by atoms with van der Waals surface area (Å²) in [5.74, 6) is -0.563. The first-order chi connectivity index (χ1) is 9.43. The highest BCUT2D eigenvalue weighted by atomic mass is 19.1. The summed E-state index contributed by atoms with van der Waals surface area (Å²) < 4.78 is 13.5. The maximum atomic E-state index is 13.5. The van der Waals surface area contributed by atoms with E-state index in [1.165, 1.54) is 6.07 Å². The first kappa shape index (κ1) is 14.5. The highest BCUT2D eigenvalue weighted by Gasteiger charge is 2.39. The van der Waals surface area contributed by atoms with Gasteiger partial charge in [-0.05, 0) is 31.9 Å². The van der Waals surface area contributed by atoms with E-state index in [1.54, 1.807) is 36.9 Å². The monoisotopic (exact) mass is 278 g/mol. The van der Waals surface area contributed by atoms with Gasteiger partial charge in [-0.3, -0.25) is 9.59 Å². The van der Waals surface area contributed by atoms with Crippen molar-refractivity contribution in [3.05, 3.63) is 35.6 Å². The van der Waals surface area contributed by atoms with E-state index in [9.17, 15) is 14.0 Å². The van der Waals surface area contributed by atoms with Crippen LogP contribution >= 0.6 is 0 Å². The van der Waals surface area contributed by atoms with E-state index >= 15 is 0 Å². The smallest absolute Gasteiger partial charge is 0.245 e. The van der Waals surface area contributed by atoms with Crippen LogP contribution in [0.25, 0.3) is 0 Å². The van der Waals surface area contributed by atoms with Crippen molar-refractivity contribution in [1.29, 1.82) is 0 Å². The summed E-state index contributed by atoms with van der Waals surface area (Å²) in [6.45, 7) is 4.41. The fraction of sp³-hybridized carbons (Fsp3) is 0.467. The number of halogens is 1. The number of hydrogen-bond acceptors (Lipinski definition) is 2. The molecule has 0 aromatic heterocycles. The van der Waals surface area contributed by atoms with Crippen molar-refractivity contribution >= 4 is 11.8 Å². The topological polar surface area (TPSA) is 49.4 Å². The van der Waals surface area contributed by atoms with E-state index in [0.29, 0.717) is 25.1 Å². The maximum Gasteiger partial charge on any atom is 0.245 e. The van der Waals surface area contributed by atoms with Crippen molar-refractivity contribution < 1.29 is 14.0 Å². The summed E-state index contributed by atoms with van der Waals surface area (Å²) in [7, 11) is 0. The lowest BCUT2D eigenvalue weighted by molar-refractivity contribution is -0.149. The van der Waals surface area contributed by atoms with Gasteiger partial charge in [0.1, 0.15) is 11.4 Å². The standard InChI is InChI=1S/C15H19FN2O2/c1-15(2)14(20)17-9-10-18(15)13(19)8-7-11-5-3-4-6-12(11)16/h3-6H,7-10H2,1-2H3,(H,17,20). The molecule has 1 fully saturated rings. The molecule has 1 N–H and O–H groups in total. The first-order valence-corrected chi connectivity index (χ1v) is 6.75. The van der Waals surface area contributed by atoms with Crippen molar-refractivity contribution in [2.75, 3.05) is 13.1 Å². The van der Waals surface area contributed by atoms with Gasteiger partial charge in [0.15, 0.2) is 0 Å². The summed E-state index contributed by atoms with van der Waals surface area (Å²) in [5.41, 5.74) is -0.315. The minimum Gasteiger partial charge on any atom is -0.352 e. The van der Waals surface area contributed by atoms with Gasteiger partial charge < -0.3 is 10.2 Å². The van der Waals surface area contributed by atoms with Gasteiger partial charge in [-0.2, -0.15) is 0 Å². The minimum absolute atomic E-state index is 0.117. The highest BCUT2D eigenvalue weighted by Crippen LogP contribution is 2.19.